The number of amides is 4. The second-order valence-corrected chi connectivity index (χ2v) is 15.2. The first kappa shape index (κ1) is 40.2. The van der Waals surface area contributed by atoms with Crippen LogP contribution in [0.2, 0.25) is 4.34 Å². The van der Waals surface area contributed by atoms with E-state index in [4.69, 9.17) is 21.1 Å². The number of ether oxygens (including phenoxy) is 2. The molecule has 0 aliphatic rings. The highest BCUT2D eigenvalue weighted by Gasteiger charge is 2.16. The molecule has 0 radical (unpaired) electrons. The van der Waals surface area contributed by atoms with Crippen molar-refractivity contribution in [3.05, 3.63) is 68.5 Å². The minimum atomic E-state index is -0.554. The molecule has 0 atom stereocenters. The van der Waals surface area contributed by atoms with Crippen LogP contribution in [0.5, 0.6) is 11.5 Å². The zero-order valence-corrected chi connectivity index (χ0v) is 31.2. The smallest absolute Gasteiger partial charge is 0.235 e. The van der Waals surface area contributed by atoms with Gasteiger partial charge in [0.05, 0.1) is 40.8 Å². The maximum absolute atomic E-state index is 13.4. The molecule has 0 fully saturated rings. The second-order valence-electron chi connectivity index (χ2n) is 11.2. The van der Waals surface area contributed by atoms with Crippen molar-refractivity contribution in [2.24, 2.45) is 11.8 Å². The van der Waals surface area contributed by atoms with Gasteiger partial charge < -0.3 is 30.7 Å². The minimum absolute atomic E-state index is 0.217. The number of carbonyl (C=O) groups is 4. The van der Waals surface area contributed by atoms with Crippen LogP contribution in [0.1, 0.15) is 40.5 Å². The lowest BCUT2D eigenvalue weighted by Crippen LogP contribution is -2.21. The summed E-state index contributed by atoms with van der Waals surface area (Å²) in [4.78, 5) is 55.6. The maximum atomic E-state index is 13.4. The normalized spacial score (nSPS) is 10.6. The number of anilines is 4. The molecule has 4 rings (SSSR count). The van der Waals surface area contributed by atoms with Gasteiger partial charge in [-0.25, -0.2) is 18.7 Å². The molecule has 4 N–H and O–H groups in total. The summed E-state index contributed by atoms with van der Waals surface area (Å²) in [5.41, 5.74) is 0.619. The fourth-order valence-electron chi connectivity index (χ4n) is 3.58. The summed E-state index contributed by atoms with van der Waals surface area (Å²) in [6.07, 6.45) is 2.15. The number of nitrogens with one attached hydrogen (secondary N) is 4. The van der Waals surface area contributed by atoms with Gasteiger partial charge in [-0.05, 0) is 52.0 Å². The van der Waals surface area contributed by atoms with Gasteiger partial charge in [-0.3, -0.25) is 19.2 Å². The van der Waals surface area contributed by atoms with Crippen molar-refractivity contribution in [1.82, 2.24) is 9.97 Å². The summed E-state index contributed by atoms with van der Waals surface area (Å²) in [5.74, 6) is -2.13. The average molecular weight is 816 g/mol. The lowest BCUT2D eigenvalue weighted by molar-refractivity contribution is -0.125. The molecule has 2 aromatic carbocycles. The standard InChI is InChI=1S/C16H17BrFN3O3S.C16H17ClFN3O3S/c2*1-9(2)8-24-12-5-10(18)3-4-11(12)20-14(22)6-15(23)21-16-19-7-13(17)25-16/h2*3-5,7,9H,6,8H2,1-2H3,(H,20,22)(H,19,21,23). The van der Waals surface area contributed by atoms with Crippen molar-refractivity contribution in [3.8, 4) is 11.5 Å². The van der Waals surface area contributed by atoms with E-state index < -0.39 is 48.1 Å². The van der Waals surface area contributed by atoms with Gasteiger partial charge in [0.1, 0.15) is 40.3 Å². The molecular formula is C32H34BrClF2N6O6S2. The van der Waals surface area contributed by atoms with Crippen molar-refractivity contribution < 1.29 is 37.4 Å². The molecule has 0 saturated carbocycles. The van der Waals surface area contributed by atoms with Gasteiger partial charge in [-0.1, -0.05) is 62.0 Å². The third kappa shape index (κ3) is 14.7. The van der Waals surface area contributed by atoms with E-state index >= 15 is 0 Å². The number of nitrogens with zero attached hydrogens (tertiary/aromatic N) is 2. The van der Waals surface area contributed by atoms with E-state index in [1.807, 2.05) is 27.7 Å². The zero-order valence-electron chi connectivity index (χ0n) is 27.3. The Morgan fingerprint density at radius 2 is 1.14 bits per heavy atom. The van der Waals surface area contributed by atoms with Gasteiger partial charge in [0.15, 0.2) is 10.3 Å². The van der Waals surface area contributed by atoms with Crippen LogP contribution in [0.15, 0.2) is 52.6 Å². The predicted octanol–water partition coefficient (Wildman–Crippen LogP) is 7.98. The Morgan fingerprint density at radius 1 is 0.720 bits per heavy atom. The molecule has 0 aliphatic carbocycles. The van der Waals surface area contributed by atoms with Crippen LogP contribution < -0.4 is 30.7 Å². The predicted molar refractivity (Wildman–Crippen MR) is 194 cm³/mol. The van der Waals surface area contributed by atoms with Gasteiger partial charge in [0.25, 0.3) is 0 Å². The Morgan fingerprint density at radius 3 is 1.52 bits per heavy atom. The molecule has 2 heterocycles. The highest BCUT2D eigenvalue weighted by atomic mass is 79.9. The Hall–Kier alpha value is -4.19. The fraction of sp³-hybridized carbons (Fsp3) is 0.312. The van der Waals surface area contributed by atoms with Crippen molar-refractivity contribution in [2.45, 2.75) is 40.5 Å². The van der Waals surface area contributed by atoms with Gasteiger partial charge in [0, 0.05) is 12.1 Å². The van der Waals surface area contributed by atoms with Crippen LogP contribution >= 0.6 is 50.2 Å². The Labute approximate surface area is 308 Å². The summed E-state index contributed by atoms with van der Waals surface area (Å²) < 4.78 is 39.0. The van der Waals surface area contributed by atoms with Crippen molar-refractivity contribution in [3.63, 3.8) is 0 Å². The largest absolute Gasteiger partial charge is 0.491 e. The van der Waals surface area contributed by atoms with E-state index in [-0.39, 0.29) is 23.3 Å². The van der Waals surface area contributed by atoms with Crippen molar-refractivity contribution in [1.29, 1.82) is 0 Å². The molecule has 268 valence electrons. The monoisotopic (exact) mass is 814 g/mol. The quantitative estimate of drug-likeness (QED) is 0.0933. The zero-order chi connectivity index (χ0) is 36.8. The minimum Gasteiger partial charge on any atom is -0.491 e. The van der Waals surface area contributed by atoms with Gasteiger partial charge in [-0.15, -0.1) is 0 Å². The molecule has 18 heteroatoms. The number of halogens is 4. The van der Waals surface area contributed by atoms with E-state index in [2.05, 4.69) is 47.2 Å². The second kappa shape index (κ2) is 19.9. The van der Waals surface area contributed by atoms with E-state index in [1.165, 1.54) is 53.9 Å². The lowest BCUT2D eigenvalue weighted by Gasteiger charge is -2.14. The third-order valence-corrected chi connectivity index (χ3v) is 8.09. The van der Waals surface area contributed by atoms with Crippen LogP contribution in [-0.4, -0.2) is 46.8 Å². The van der Waals surface area contributed by atoms with Crippen molar-refractivity contribution >= 4 is 95.5 Å². The molecule has 50 heavy (non-hydrogen) atoms. The first-order chi connectivity index (χ1) is 23.7. The van der Waals surface area contributed by atoms with Gasteiger partial charge in [0.2, 0.25) is 23.6 Å². The van der Waals surface area contributed by atoms with Gasteiger partial charge in [-0.2, -0.15) is 0 Å². The number of thiazole rings is 2. The Bertz CT molecular complexity index is 1660. The number of aromatic nitrogens is 2. The first-order valence-electron chi connectivity index (χ1n) is 14.9. The molecule has 2 aromatic heterocycles. The highest BCUT2D eigenvalue weighted by molar-refractivity contribution is 9.11. The van der Waals surface area contributed by atoms with E-state index in [0.717, 1.165) is 15.1 Å². The summed E-state index contributed by atoms with van der Waals surface area (Å²) >= 11 is 11.3. The van der Waals surface area contributed by atoms with E-state index in [9.17, 15) is 28.0 Å². The van der Waals surface area contributed by atoms with Crippen molar-refractivity contribution in [2.75, 3.05) is 34.5 Å². The van der Waals surface area contributed by atoms with Crippen LogP contribution in [0, 0.1) is 23.5 Å². The lowest BCUT2D eigenvalue weighted by atomic mass is 10.2. The van der Waals surface area contributed by atoms with Gasteiger partial charge >= 0.3 is 0 Å². The summed E-state index contributed by atoms with van der Waals surface area (Å²) in [5, 5.41) is 10.8. The molecule has 4 amide bonds. The summed E-state index contributed by atoms with van der Waals surface area (Å²) in [6, 6.07) is 7.60. The number of benzene rings is 2. The molecule has 0 saturated heterocycles. The maximum Gasteiger partial charge on any atom is 0.235 e. The summed E-state index contributed by atoms with van der Waals surface area (Å²) in [7, 11) is 0. The SMILES string of the molecule is CC(C)COc1cc(F)ccc1NC(=O)CC(=O)Nc1ncc(Br)s1.CC(C)COc1cc(F)ccc1NC(=O)CC(=O)Nc1ncc(Cl)s1. The highest BCUT2D eigenvalue weighted by Crippen LogP contribution is 2.28. The molecule has 12 nitrogen and oxygen atoms in total. The topological polar surface area (TPSA) is 161 Å². The molecule has 0 spiro atoms. The average Bonchev–Trinajstić information content (AvgIpc) is 3.63. The Kier molecular flexibility index (Phi) is 16.0. The fourth-order valence-corrected chi connectivity index (χ4v) is 5.53. The molecule has 0 bridgehead atoms. The summed E-state index contributed by atoms with van der Waals surface area (Å²) in [6.45, 7) is 8.57. The number of rotatable bonds is 14. The molecule has 0 aliphatic heterocycles. The first-order valence-corrected chi connectivity index (χ1v) is 17.7. The van der Waals surface area contributed by atoms with E-state index in [0.29, 0.717) is 39.2 Å². The third-order valence-electron chi connectivity index (χ3n) is 5.67. The Balaban J connectivity index is 0.000000270. The number of carbonyl (C=O) groups excluding carboxylic acids is 4. The molecule has 4 aromatic rings. The van der Waals surface area contributed by atoms with E-state index in [1.54, 1.807) is 6.20 Å². The molecule has 0 unspecified atom stereocenters. The van der Waals surface area contributed by atoms with Crippen LogP contribution in [0.4, 0.5) is 30.4 Å². The number of hydrogen-bond donors (Lipinski definition) is 4. The van der Waals surface area contributed by atoms with Crippen LogP contribution in [-0.2, 0) is 19.2 Å². The number of hydrogen-bond acceptors (Lipinski definition) is 10. The van der Waals surface area contributed by atoms with Crippen LogP contribution in [0.3, 0.4) is 0 Å². The van der Waals surface area contributed by atoms with Crippen LogP contribution in [0.25, 0.3) is 0 Å². The molecular weight excluding hydrogens is 782 g/mol.